The van der Waals surface area contributed by atoms with Crippen LogP contribution in [0.2, 0.25) is 5.02 Å². The van der Waals surface area contributed by atoms with Gasteiger partial charge in [-0.05, 0) is 38.5 Å². The largest absolute Gasteiger partial charge is 0.324 e. The van der Waals surface area contributed by atoms with E-state index in [1.807, 2.05) is 32.0 Å². The molecule has 0 aliphatic carbocycles. The van der Waals surface area contributed by atoms with Gasteiger partial charge in [0.1, 0.15) is 0 Å². The number of nitro benzene ring substituents is 1. The molecular formula is C17H17ClN2O3S. The van der Waals surface area contributed by atoms with Crippen LogP contribution in [0.5, 0.6) is 0 Å². The number of carbonyl (C=O) groups is 1. The highest BCUT2D eigenvalue weighted by Gasteiger charge is 2.18. The lowest BCUT2D eigenvalue weighted by atomic mass is 10.2. The molecule has 0 fully saturated rings. The average molecular weight is 365 g/mol. The molecule has 1 atom stereocenters. The SMILES string of the molecule is Cc1ccc(C)c(S[C@H](C)C(=O)Nc2ccc([N+](=O)[O-])cc2Cl)c1. The van der Waals surface area contributed by atoms with Gasteiger partial charge in [0, 0.05) is 17.0 Å². The van der Waals surface area contributed by atoms with Crippen molar-refractivity contribution < 1.29 is 9.72 Å². The third-order valence-corrected chi connectivity index (χ3v) is 5.01. The van der Waals surface area contributed by atoms with Gasteiger partial charge in [-0.15, -0.1) is 11.8 Å². The van der Waals surface area contributed by atoms with Crippen LogP contribution in [-0.4, -0.2) is 16.1 Å². The summed E-state index contributed by atoms with van der Waals surface area (Å²) < 4.78 is 0. The molecule has 1 amide bonds. The van der Waals surface area contributed by atoms with Crippen LogP contribution in [0.1, 0.15) is 18.1 Å². The van der Waals surface area contributed by atoms with E-state index < -0.39 is 4.92 Å². The number of thioether (sulfide) groups is 1. The topological polar surface area (TPSA) is 72.2 Å². The van der Waals surface area contributed by atoms with E-state index in [1.165, 1.54) is 30.0 Å². The predicted octanol–water partition coefficient (Wildman–Crippen LogP) is 4.98. The molecule has 0 spiro atoms. The second-order valence-electron chi connectivity index (χ2n) is 5.44. The molecule has 0 aliphatic rings. The maximum Gasteiger partial charge on any atom is 0.271 e. The predicted molar refractivity (Wildman–Crippen MR) is 98.0 cm³/mol. The Kier molecular flexibility index (Phi) is 5.85. The van der Waals surface area contributed by atoms with Gasteiger partial charge in [0.05, 0.1) is 20.9 Å². The monoisotopic (exact) mass is 364 g/mol. The fourth-order valence-corrected chi connectivity index (χ4v) is 3.31. The standard InChI is InChI=1S/C17H17ClN2O3S/c1-10-4-5-11(2)16(8-10)24-12(3)17(21)19-15-7-6-13(20(22)23)9-14(15)18/h4-9,12H,1-3H3,(H,19,21)/t12-/m1/s1. The fraction of sp³-hybridized carbons (Fsp3) is 0.235. The van der Waals surface area contributed by atoms with Crippen LogP contribution in [0.25, 0.3) is 0 Å². The summed E-state index contributed by atoms with van der Waals surface area (Å²) in [5.74, 6) is -0.211. The van der Waals surface area contributed by atoms with Gasteiger partial charge in [-0.3, -0.25) is 14.9 Å². The number of hydrogen-bond acceptors (Lipinski definition) is 4. The van der Waals surface area contributed by atoms with Crippen molar-refractivity contribution >= 4 is 40.6 Å². The Morgan fingerprint density at radius 3 is 2.58 bits per heavy atom. The highest BCUT2D eigenvalue weighted by atomic mass is 35.5. The highest BCUT2D eigenvalue weighted by Crippen LogP contribution is 2.30. The number of nitrogens with zero attached hydrogens (tertiary/aromatic N) is 1. The average Bonchev–Trinajstić information content (AvgIpc) is 2.52. The van der Waals surface area contributed by atoms with Gasteiger partial charge in [-0.2, -0.15) is 0 Å². The lowest BCUT2D eigenvalue weighted by Gasteiger charge is -2.14. The summed E-state index contributed by atoms with van der Waals surface area (Å²) in [5.41, 5.74) is 2.49. The molecular weight excluding hydrogens is 348 g/mol. The summed E-state index contributed by atoms with van der Waals surface area (Å²) >= 11 is 7.46. The molecule has 0 saturated carbocycles. The van der Waals surface area contributed by atoms with Crippen molar-refractivity contribution in [3.8, 4) is 0 Å². The zero-order chi connectivity index (χ0) is 17.9. The Bertz CT molecular complexity index is 795. The van der Waals surface area contributed by atoms with Gasteiger partial charge in [-0.1, -0.05) is 29.3 Å². The van der Waals surface area contributed by atoms with Crippen LogP contribution in [0.3, 0.4) is 0 Å². The number of nitro groups is 1. The number of aryl methyl sites for hydroxylation is 2. The van der Waals surface area contributed by atoms with E-state index in [0.717, 1.165) is 16.0 Å². The van der Waals surface area contributed by atoms with Crippen LogP contribution in [-0.2, 0) is 4.79 Å². The fourth-order valence-electron chi connectivity index (χ4n) is 2.03. The number of anilines is 1. The van der Waals surface area contributed by atoms with Gasteiger partial charge in [0.15, 0.2) is 0 Å². The number of halogens is 1. The molecule has 126 valence electrons. The number of rotatable bonds is 5. The van der Waals surface area contributed by atoms with Crippen LogP contribution >= 0.6 is 23.4 Å². The van der Waals surface area contributed by atoms with Crippen molar-refractivity contribution in [1.82, 2.24) is 0 Å². The second-order valence-corrected chi connectivity index (χ2v) is 7.23. The number of amides is 1. The lowest BCUT2D eigenvalue weighted by molar-refractivity contribution is -0.384. The molecule has 24 heavy (non-hydrogen) atoms. The third kappa shape index (κ3) is 4.49. The number of benzene rings is 2. The molecule has 0 saturated heterocycles. The maximum absolute atomic E-state index is 12.4. The molecule has 0 bridgehead atoms. The first-order valence-electron chi connectivity index (χ1n) is 7.26. The summed E-state index contributed by atoms with van der Waals surface area (Å²) in [4.78, 5) is 23.6. The molecule has 5 nitrogen and oxygen atoms in total. The Balaban J connectivity index is 2.09. The minimum absolute atomic E-state index is 0.115. The number of non-ortho nitro benzene ring substituents is 1. The summed E-state index contributed by atoms with van der Waals surface area (Å²) in [7, 11) is 0. The quantitative estimate of drug-likeness (QED) is 0.461. The van der Waals surface area contributed by atoms with Crippen molar-refractivity contribution in [3.63, 3.8) is 0 Å². The summed E-state index contributed by atoms with van der Waals surface area (Å²) in [6.45, 7) is 5.81. The van der Waals surface area contributed by atoms with Gasteiger partial charge in [0.25, 0.3) is 5.69 Å². The van der Waals surface area contributed by atoms with E-state index in [9.17, 15) is 14.9 Å². The molecule has 7 heteroatoms. The van der Waals surface area contributed by atoms with Crippen LogP contribution in [0.15, 0.2) is 41.3 Å². The third-order valence-electron chi connectivity index (χ3n) is 3.44. The van der Waals surface area contributed by atoms with Crippen molar-refractivity contribution in [2.45, 2.75) is 30.9 Å². The van der Waals surface area contributed by atoms with E-state index in [0.29, 0.717) is 5.69 Å². The minimum atomic E-state index is -0.531. The number of nitrogens with one attached hydrogen (secondary N) is 1. The molecule has 2 aromatic carbocycles. The zero-order valence-corrected chi connectivity index (χ0v) is 15.1. The normalized spacial score (nSPS) is 11.8. The van der Waals surface area contributed by atoms with Crippen molar-refractivity contribution in [1.29, 1.82) is 0 Å². The summed E-state index contributed by atoms with van der Waals surface area (Å²) in [5, 5.41) is 13.2. The van der Waals surface area contributed by atoms with Crippen LogP contribution in [0.4, 0.5) is 11.4 Å². The van der Waals surface area contributed by atoms with E-state index in [4.69, 9.17) is 11.6 Å². The molecule has 0 aromatic heterocycles. The highest BCUT2D eigenvalue weighted by molar-refractivity contribution is 8.00. The van der Waals surface area contributed by atoms with Gasteiger partial charge in [-0.25, -0.2) is 0 Å². The van der Waals surface area contributed by atoms with Gasteiger partial charge < -0.3 is 5.32 Å². The van der Waals surface area contributed by atoms with Crippen LogP contribution in [0, 0.1) is 24.0 Å². The minimum Gasteiger partial charge on any atom is -0.324 e. The van der Waals surface area contributed by atoms with Crippen molar-refractivity contribution in [2.75, 3.05) is 5.32 Å². The number of carbonyl (C=O) groups excluding carboxylic acids is 1. The molecule has 0 unspecified atom stereocenters. The Labute approximate surface area is 149 Å². The van der Waals surface area contributed by atoms with Crippen molar-refractivity contribution in [2.24, 2.45) is 0 Å². The van der Waals surface area contributed by atoms with Gasteiger partial charge >= 0.3 is 0 Å². The van der Waals surface area contributed by atoms with Crippen molar-refractivity contribution in [3.05, 3.63) is 62.7 Å². The molecule has 0 radical (unpaired) electrons. The lowest BCUT2D eigenvalue weighted by Crippen LogP contribution is -2.22. The summed E-state index contributed by atoms with van der Waals surface area (Å²) in [6, 6.07) is 10.1. The smallest absolute Gasteiger partial charge is 0.271 e. The number of hydrogen-bond donors (Lipinski definition) is 1. The molecule has 1 N–H and O–H groups in total. The first-order valence-corrected chi connectivity index (χ1v) is 8.52. The first-order chi connectivity index (χ1) is 11.3. The summed E-state index contributed by atoms with van der Waals surface area (Å²) in [6.07, 6.45) is 0. The van der Waals surface area contributed by atoms with E-state index in [2.05, 4.69) is 5.32 Å². The maximum atomic E-state index is 12.4. The molecule has 2 rings (SSSR count). The van der Waals surface area contributed by atoms with Crippen LogP contribution < -0.4 is 5.32 Å². The molecule has 0 heterocycles. The molecule has 2 aromatic rings. The van der Waals surface area contributed by atoms with E-state index in [1.54, 1.807) is 6.92 Å². The molecule has 0 aliphatic heterocycles. The Morgan fingerprint density at radius 1 is 1.25 bits per heavy atom. The Morgan fingerprint density at radius 2 is 1.96 bits per heavy atom. The second kappa shape index (κ2) is 7.68. The van der Waals surface area contributed by atoms with Gasteiger partial charge in [0.2, 0.25) is 5.91 Å². The first kappa shape index (κ1) is 18.3. The van der Waals surface area contributed by atoms with E-state index in [-0.39, 0.29) is 21.9 Å². The zero-order valence-electron chi connectivity index (χ0n) is 13.5. The Hall–Kier alpha value is -2.05. The van der Waals surface area contributed by atoms with E-state index >= 15 is 0 Å².